The van der Waals surface area contributed by atoms with Gasteiger partial charge >= 0.3 is 5.97 Å². The molecule has 1 amide bonds. The van der Waals surface area contributed by atoms with E-state index in [9.17, 15) is 9.59 Å². The summed E-state index contributed by atoms with van der Waals surface area (Å²) in [6, 6.07) is -1.28. The molecule has 0 aromatic heterocycles. The maximum absolute atomic E-state index is 10.8. The maximum atomic E-state index is 10.8. The Morgan fingerprint density at radius 1 is 1.64 bits per heavy atom. The average Bonchev–Trinajstić information content (AvgIpc) is 1.94. The second-order valence-corrected chi connectivity index (χ2v) is 2.58. The van der Waals surface area contributed by atoms with Crippen molar-refractivity contribution >= 4 is 11.9 Å². The molecule has 0 aromatic carbocycles. The minimum absolute atomic E-state index is 0.372. The summed E-state index contributed by atoms with van der Waals surface area (Å²) in [6.07, 6.45) is 0.866. The van der Waals surface area contributed by atoms with Gasteiger partial charge < -0.3 is 16.2 Å². The molecule has 0 aliphatic carbocycles. The second kappa shape index (κ2) is 2.87. The fraction of sp³-hybridized carbons (Fsp3) is 0.667. The van der Waals surface area contributed by atoms with Crippen molar-refractivity contribution in [3.8, 4) is 0 Å². The van der Waals surface area contributed by atoms with E-state index in [4.69, 9.17) is 10.8 Å². The summed E-state index contributed by atoms with van der Waals surface area (Å²) in [7, 11) is 0. The summed E-state index contributed by atoms with van der Waals surface area (Å²) in [4.78, 5) is 21.2. The Labute approximate surface area is 63.6 Å². The van der Waals surface area contributed by atoms with Crippen LogP contribution in [0.2, 0.25) is 0 Å². The average molecular weight is 158 g/mol. The normalized spacial score (nSPS) is 31.2. The smallest absolute Gasteiger partial charge is 0.326 e. The molecule has 0 spiro atoms. The number of aliphatic carboxylic acids is 1. The molecular formula is C6H10N2O3. The largest absolute Gasteiger partial charge is 0.480 e. The first kappa shape index (κ1) is 8.00. The Hall–Kier alpha value is -1.10. The first-order valence-corrected chi connectivity index (χ1v) is 3.40. The lowest BCUT2D eigenvalue weighted by atomic mass is 10.0. The van der Waals surface area contributed by atoms with Crippen LogP contribution in [0.15, 0.2) is 0 Å². The van der Waals surface area contributed by atoms with E-state index >= 15 is 0 Å². The Morgan fingerprint density at radius 3 is 2.73 bits per heavy atom. The van der Waals surface area contributed by atoms with Gasteiger partial charge in [-0.05, 0) is 12.8 Å². The third-order valence-corrected chi connectivity index (χ3v) is 1.72. The molecule has 11 heavy (non-hydrogen) atoms. The molecule has 5 heteroatoms. The highest BCUT2D eigenvalue weighted by molar-refractivity contribution is 5.88. The summed E-state index contributed by atoms with van der Waals surface area (Å²) < 4.78 is 0. The number of nitrogens with two attached hydrogens (primary N) is 1. The number of rotatable bonds is 1. The van der Waals surface area contributed by atoms with Crippen LogP contribution in [0.1, 0.15) is 12.8 Å². The lowest BCUT2D eigenvalue weighted by molar-refractivity contribution is -0.143. The van der Waals surface area contributed by atoms with E-state index in [1.54, 1.807) is 0 Å². The monoisotopic (exact) mass is 158 g/mol. The van der Waals surface area contributed by atoms with Crippen LogP contribution >= 0.6 is 0 Å². The van der Waals surface area contributed by atoms with Gasteiger partial charge in [-0.2, -0.15) is 0 Å². The molecule has 1 rings (SSSR count). The number of hydrogen-bond acceptors (Lipinski definition) is 3. The van der Waals surface area contributed by atoms with Gasteiger partial charge in [-0.3, -0.25) is 4.79 Å². The van der Waals surface area contributed by atoms with Crippen molar-refractivity contribution in [3.63, 3.8) is 0 Å². The van der Waals surface area contributed by atoms with Crippen molar-refractivity contribution in [2.45, 2.75) is 24.9 Å². The number of amides is 1. The van der Waals surface area contributed by atoms with Gasteiger partial charge in [-0.15, -0.1) is 0 Å². The molecule has 0 bridgehead atoms. The third kappa shape index (κ3) is 1.68. The molecule has 2 atom stereocenters. The lowest BCUT2D eigenvalue weighted by Crippen LogP contribution is -2.53. The van der Waals surface area contributed by atoms with Crippen LogP contribution in [-0.2, 0) is 9.59 Å². The van der Waals surface area contributed by atoms with Crippen LogP contribution in [-0.4, -0.2) is 29.1 Å². The van der Waals surface area contributed by atoms with Gasteiger partial charge in [0.2, 0.25) is 5.91 Å². The van der Waals surface area contributed by atoms with E-state index in [0.29, 0.717) is 12.8 Å². The predicted molar refractivity (Wildman–Crippen MR) is 36.8 cm³/mol. The molecular weight excluding hydrogens is 148 g/mol. The Bertz CT molecular complexity index is 192. The number of carbonyl (C=O) groups excluding carboxylic acids is 1. The lowest BCUT2D eigenvalue weighted by Gasteiger charge is -2.23. The van der Waals surface area contributed by atoms with Gasteiger partial charge in [-0.1, -0.05) is 0 Å². The molecule has 5 nitrogen and oxygen atoms in total. The van der Waals surface area contributed by atoms with Crippen LogP contribution in [0.3, 0.4) is 0 Å². The zero-order valence-corrected chi connectivity index (χ0v) is 5.91. The van der Waals surface area contributed by atoms with Crippen LogP contribution < -0.4 is 11.1 Å². The quantitative estimate of drug-likeness (QED) is 0.441. The van der Waals surface area contributed by atoms with E-state index in [-0.39, 0.29) is 5.91 Å². The zero-order chi connectivity index (χ0) is 8.43. The highest BCUT2D eigenvalue weighted by Crippen LogP contribution is 2.07. The molecule has 0 radical (unpaired) electrons. The van der Waals surface area contributed by atoms with Gasteiger partial charge in [0.15, 0.2) is 0 Å². The summed E-state index contributed by atoms with van der Waals surface area (Å²) in [6.45, 7) is 0. The third-order valence-electron chi connectivity index (χ3n) is 1.72. The molecule has 62 valence electrons. The van der Waals surface area contributed by atoms with Gasteiger partial charge in [0.25, 0.3) is 0 Å². The molecule has 4 N–H and O–H groups in total. The molecule has 1 fully saturated rings. The van der Waals surface area contributed by atoms with E-state index < -0.39 is 18.1 Å². The molecule has 0 saturated carbocycles. The molecule has 1 aliphatic heterocycles. The number of carbonyl (C=O) groups is 2. The Balaban J connectivity index is 2.53. The number of carboxylic acid groups (broad SMARTS) is 1. The van der Waals surface area contributed by atoms with E-state index in [1.165, 1.54) is 0 Å². The standard InChI is InChI=1S/C6H10N2O3/c7-3-1-2-4(6(10)11)8-5(3)9/h3-4H,1-2,7H2,(H,8,9)(H,10,11)/t3-,4+/m1/s1. The van der Waals surface area contributed by atoms with E-state index in [1.807, 2.05) is 0 Å². The maximum Gasteiger partial charge on any atom is 0.326 e. The SMILES string of the molecule is N[C@@H]1CC[C@@H](C(=O)O)NC1=O. The van der Waals surface area contributed by atoms with Gasteiger partial charge in [0, 0.05) is 0 Å². The fourth-order valence-corrected chi connectivity index (χ4v) is 1.01. The molecule has 1 saturated heterocycles. The van der Waals surface area contributed by atoms with Crippen molar-refractivity contribution in [3.05, 3.63) is 0 Å². The summed E-state index contributed by atoms with van der Waals surface area (Å²) in [5.74, 6) is -1.37. The van der Waals surface area contributed by atoms with Gasteiger partial charge in [-0.25, -0.2) is 4.79 Å². The first-order valence-electron chi connectivity index (χ1n) is 3.40. The Kier molecular flexibility index (Phi) is 2.09. The second-order valence-electron chi connectivity index (χ2n) is 2.58. The van der Waals surface area contributed by atoms with Crippen molar-refractivity contribution in [1.82, 2.24) is 5.32 Å². The van der Waals surface area contributed by atoms with Crippen molar-refractivity contribution in [1.29, 1.82) is 0 Å². The Morgan fingerprint density at radius 2 is 2.27 bits per heavy atom. The predicted octanol–water partition coefficient (Wildman–Crippen LogP) is -1.32. The molecule has 1 heterocycles. The summed E-state index contributed by atoms with van der Waals surface area (Å²) >= 11 is 0. The van der Waals surface area contributed by atoms with E-state index in [0.717, 1.165) is 0 Å². The molecule has 0 unspecified atom stereocenters. The highest BCUT2D eigenvalue weighted by atomic mass is 16.4. The van der Waals surface area contributed by atoms with Crippen LogP contribution in [0, 0.1) is 0 Å². The van der Waals surface area contributed by atoms with Crippen LogP contribution in [0.25, 0.3) is 0 Å². The highest BCUT2D eigenvalue weighted by Gasteiger charge is 2.28. The van der Waals surface area contributed by atoms with Crippen molar-refractivity contribution in [2.24, 2.45) is 5.73 Å². The van der Waals surface area contributed by atoms with Crippen LogP contribution in [0.4, 0.5) is 0 Å². The van der Waals surface area contributed by atoms with Gasteiger partial charge in [0.05, 0.1) is 6.04 Å². The minimum atomic E-state index is -0.995. The topological polar surface area (TPSA) is 92.4 Å². The number of nitrogens with one attached hydrogen (secondary N) is 1. The fourth-order valence-electron chi connectivity index (χ4n) is 1.01. The van der Waals surface area contributed by atoms with E-state index in [2.05, 4.69) is 5.32 Å². The number of hydrogen-bond donors (Lipinski definition) is 3. The van der Waals surface area contributed by atoms with Crippen LogP contribution in [0.5, 0.6) is 0 Å². The van der Waals surface area contributed by atoms with Crippen molar-refractivity contribution < 1.29 is 14.7 Å². The molecule has 0 aromatic rings. The first-order chi connectivity index (χ1) is 5.11. The summed E-state index contributed by atoms with van der Waals surface area (Å²) in [5, 5.41) is 10.8. The number of carboxylic acids is 1. The molecule has 1 aliphatic rings. The van der Waals surface area contributed by atoms with Crippen molar-refractivity contribution in [2.75, 3.05) is 0 Å². The summed E-state index contributed by atoms with van der Waals surface area (Å²) in [5.41, 5.74) is 5.34. The number of piperidine rings is 1. The van der Waals surface area contributed by atoms with Gasteiger partial charge in [0.1, 0.15) is 6.04 Å². The zero-order valence-electron chi connectivity index (χ0n) is 5.91. The minimum Gasteiger partial charge on any atom is -0.480 e.